The van der Waals surface area contributed by atoms with E-state index in [1.165, 1.54) is 97.4 Å². The molecule has 0 aliphatic carbocycles. The maximum atomic E-state index is 13.8. The topological polar surface area (TPSA) is 249 Å². The number of hydrogen-bond acceptors (Lipinski definition) is 11. The van der Waals surface area contributed by atoms with Crippen LogP contribution in [0.1, 0.15) is 98.2 Å². The highest BCUT2D eigenvalue weighted by atomic mass is 16.6. The largest absolute Gasteiger partial charge is 0.489 e. The number of carbonyl (C=O) groups is 8. The molecule has 0 saturated heterocycles. The number of amides is 5. The van der Waals surface area contributed by atoms with Gasteiger partial charge in [-0.2, -0.15) is 5.06 Å². The Hall–Kier alpha value is -9.16. The number of hydrogen-bond donors (Lipinski definition) is 5. The molecule has 0 atom stereocenters. The summed E-state index contributed by atoms with van der Waals surface area (Å²) in [5, 5.41) is 36.2. The number of nitrogens with one attached hydrogen (secondary N) is 2. The van der Waals surface area contributed by atoms with Gasteiger partial charge in [-0.25, -0.2) is 14.4 Å². The number of ether oxygens (including phenoxy) is 2. The molecular formula is C52H47N5O13. The van der Waals surface area contributed by atoms with Crippen molar-refractivity contribution < 1.29 is 63.3 Å². The molecule has 70 heavy (non-hydrogen) atoms. The smallest absolute Gasteiger partial charge is 0.410 e. The Bertz CT molecular complexity index is 3030. The number of Topliss-reactive ketones (excluding diaryl/α,β-unsaturated/α-hetero) is 1. The summed E-state index contributed by atoms with van der Waals surface area (Å²) in [6, 6.07) is 33.4. The lowest BCUT2D eigenvalue weighted by Crippen LogP contribution is -2.29. The number of carboxylic acids is 2. The first-order valence-electron chi connectivity index (χ1n) is 21.4. The van der Waals surface area contributed by atoms with Crippen LogP contribution in [-0.2, 0) is 35.8 Å². The van der Waals surface area contributed by atoms with E-state index >= 15 is 0 Å². The van der Waals surface area contributed by atoms with Crippen molar-refractivity contribution in [3.05, 3.63) is 189 Å². The van der Waals surface area contributed by atoms with Gasteiger partial charge in [0.25, 0.3) is 17.7 Å². The van der Waals surface area contributed by atoms with Crippen LogP contribution in [0.5, 0.6) is 5.75 Å². The molecule has 6 aromatic carbocycles. The van der Waals surface area contributed by atoms with E-state index in [4.69, 9.17) is 9.47 Å². The Labute approximate surface area is 401 Å². The molecule has 0 spiro atoms. The molecule has 0 fully saturated rings. The van der Waals surface area contributed by atoms with Gasteiger partial charge in [0.1, 0.15) is 19.0 Å². The van der Waals surface area contributed by atoms with E-state index in [0.29, 0.717) is 45.4 Å². The van der Waals surface area contributed by atoms with Gasteiger partial charge in [0.15, 0.2) is 5.78 Å². The molecule has 18 heteroatoms. The zero-order valence-corrected chi connectivity index (χ0v) is 38.3. The molecule has 0 bridgehead atoms. The van der Waals surface area contributed by atoms with Crippen LogP contribution < -0.4 is 20.4 Å². The summed E-state index contributed by atoms with van der Waals surface area (Å²) < 4.78 is 11.4. The van der Waals surface area contributed by atoms with E-state index in [0.717, 1.165) is 5.56 Å². The molecule has 0 heterocycles. The summed E-state index contributed by atoms with van der Waals surface area (Å²) in [6.07, 6.45) is -0.786. The molecule has 0 saturated carbocycles. The van der Waals surface area contributed by atoms with E-state index in [2.05, 4.69) is 10.6 Å². The van der Waals surface area contributed by atoms with Gasteiger partial charge in [0, 0.05) is 57.1 Å². The molecule has 0 unspecified atom stereocenters. The van der Waals surface area contributed by atoms with Gasteiger partial charge in [-0.15, -0.1) is 0 Å². The Morgan fingerprint density at radius 3 is 1.71 bits per heavy atom. The van der Waals surface area contributed by atoms with E-state index in [1.807, 2.05) is 0 Å². The monoisotopic (exact) mass is 949 g/mol. The lowest BCUT2D eigenvalue weighted by Gasteiger charge is -2.20. The minimum absolute atomic E-state index is 0.0183. The summed E-state index contributed by atoms with van der Waals surface area (Å²) >= 11 is 0. The summed E-state index contributed by atoms with van der Waals surface area (Å²) in [4.78, 5) is 104. The van der Waals surface area contributed by atoms with E-state index in [9.17, 15) is 53.8 Å². The van der Waals surface area contributed by atoms with Crippen LogP contribution in [0, 0.1) is 0 Å². The minimum atomic E-state index is -1.34. The highest BCUT2D eigenvalue weighted by Gasteiger charge is 2.24. The molecule has 6 rings (SSSR count). The average Bonchev–Trinajstić information content (AvgIpc) is 3.34. The van der Waals surface area contributed by atoms with E-state index in [-0.39, 0.29) is 64.7 Å². The molecular weight excluding hydrogens is 903 g/mol. The summed E-state index contributed by atoms with van der Waals surface area (Å²) in [5.41, 5.74) is 1.97. The Morgan fingerprint density at radius 1 is 0.514 bits per heavy atom. The SMILES string of the molecule is CC(=O)c1ccc(COc2cccc(NC(=O)c3ccccc3C(=O)O)c2)cc1C(=O)N(O)c1cccc(CN(C)C(=O)OCc2ccc(C(=O)O)c(C(=O)Nc3cccc(CN(C)C(C)=O)c3)c2)c1. The lowest BCUT2D eigenvalue weighted by atomic mass is 10.0. The van der Waals surface area contributed by atoms with Gasteiger partial charge < -0.3 is 40.1 Å². The first-order chi connectivity index (χ1) is 33.4. The van der Waals surface area contributed by atoms with Crippen molar-refractivity contribution >= 4 is 64.5 Å². The van der Waals surface area contributed by atoms with Crippen molar-refractivity contribution in [2.75, 3.05) is 29.8 Å². The third-order valence-corrected chi connectivity index (χ3v) is 10.7. The molecule has 0 aliphatic heterocycles. The predicted octanol–water partition coefficient (Wildman–Crippen LogP) is 8.15. The zero-order chi connectivity index (χ0) is 50.6. The van der Waals surface area contributed by atoms with Crippen LogP contribution >= 0.6 is 0 Å². The average molecular weight is 950 g/mol. The number of hydroxylamine groups is 1. The minimum Gasteiger partial charge on any atom is -0.489 e. The van der Waals surface area contributed by atoms with Crippen molar-refractivity contribution in [1.82, 2.24) is 9.80 Å². The number of rotatable bonds is 18. The van der Waals surface area contributed by atoms with Crippen LogP contribution in [0.15, 0.2) is 133 Å². The van der Waals surface area contributed by atoms with Crippen LogP contribution in [0.3, 0.4) is 0 Å². The standard InChI is InChI=1S/C52H47N5O13/c1-31(58)41-20-18-36(29-69-40-15-9-13-38(26-40)54-47(60)42-16-5-6-17-43(42)50(63)64)25-46(41)49(62)57(68)39-14-8-11-34(23-39)28-56(4)52(67)70-30-35-19-21-44(51(65)66)45(24-35)48(61)53-37-12-7-10-33(22-37)27-55(3)32(2)59/h5-26,68H,27-30H2,1-4H3,(H,53,61)(H,54,60)(H,63,64)(H,65,66). The summed E-state index contributed by atoms with van der Waals surface area (Å²) in [7, 11) is 3.09. The molecule has 0 aliphatic rings. The quantitative estimate of drug-likeness (QED) is 0.0310. The molecule has 18 nitrogen and oxygen atoms in total. The van der Waals surface area contributed by atoms with Crippen molar-refractivity contribution in [2.24, 2.45) is 0 Å². The fraction of sp³-hybridized carbons (Fsp3) is 0.154. The highest BCUT2D eigenvalue weighted by Crippen LogP contribution is 2.25. The third kappa shape index (κ3) is 12.8. The Kier molecular flexibility index (Phi) is 16.2. The first kappa shape index (κ1) is 50.3. The first-order valence-corrected chi connectivity index (χ1v) is 21.4. The number of anilines is 3. The third-order valence-electron chi connectivity index (χ3n) is 10.7. The molecule has 358 valence electrons. The van der Waals surface area contributed by atoms with Crippen molar-refractivity contribution in [1.29, 1.82) is 0 Å². The van der Waals surface area contributed by atoms with Crippen molar-refractivity contribution in [3.8, 4) is 5.75 Å². The van der Waals surface area contributed by atoms with E-state index in [1.54, 1.807) is 73.8 Å². The zero-order valence-electron chi connectivity index (χ0n) is 38.3. The molecule has 5 N–H and O–H groups in total. The number of carboxylic acid groups (broad SMARTS) is 2. The van der Waals surface area contributed by atoms with Crippen LogP contribution in [-0.4, -0.2) is 86.8 Å². The van der Waals surface area contributed by atoms with Crippen molar-refractivity contribution in [3.63, 3.8) is 0 Å². The Balaban J connectivity index is 1.08. The number of nitrogens with zero attached hydrogens (tertiary/aromatic N) is 3. The van der Waals surface area contributed by atoms with Gasteiger partial charge in [0.05, 0.1) is 33.5 Å². The molecule has 5 amide bonds. The maximum Gasteiger partial charge on any atom is 0.410 e. The van der Waals surface area contributed by atoms with Gasteiger partial charge in [0.2, 0.25) is 5.91 Å². The second kappa shape index (κ2) is 22.6. The van der Waals surface area contributed by atoms with Gasteiger partial charge >= 0.3 is 18.0 Å². The summed E-state index contributed by atoms with van der Waals surface area (Å²) in [5.74, 6) is -5.15. The van der Waals surface area contributed by atoms with Gasteiger partial charge in [-0.3, -0.25) is 29.2 Å². The number of benzene rings is 6. The molecule has 0 aromatic heterocycles. The maximum absolute atomic E-state index is 13.8. The number of ketones is 1. The van der Waals surface area contributed by atoms with E-state index < -0.39 is 41.5 Å². The number of aromatic carboxylic acids is 2. The highest BCUT2D eigenvalue weighted by molar-refractivity contribution is 6.13. The molecule has 0 radical (unpaired) electrons. The lowest BCUT2D eigenvalue weighted by molar-refractivity contribution is -0.128. The Morgan fingerprint density at radius 2 is 1.06 bits per heavy atom. The molecule has 6 aromatic rings. The summed E-state index contributed by atoms with van der Waals surface area (Å²) in [6.45, 7) is 2.53. The van der Waals surface area contributed by atoms with Gasteiger partial charge in [-0.1, -0.05) is 60.7 Å². The van der Waals surface area contributed by atoms with Crippen LogP contribution in [0.4, 0.5) is 21.9 Å². The predicted molar refractivity (Wildman–Crippen MR) is 255 cm³/mol. The fourth-order valence-electron chi connectivity index (χ4n) is 7.06. The fourth-order valence-corrected chi connectivity index (χ4v) is 7.06. The van der Waals surface area contributed by atoms with Crippen molar-refractivity contribution in [2.45, 2.75) is 40.2 Å². The van der Waals surface area contributed by atoms with Crippen LogP contribution in [0.25, 0.3) is 0 Å². The second-order valence-corrected chi connectivity index (χ2v) is 16.0. The normalized spacial score (nSPS) is 10.6. The van der Waals surface area contributed by atoms with Gasteiger partial charge in [-0.05, 0) is 95.9 Å². The second-order valence-electron chi connectivity index (χ2n) is 16.0. The van der Waals surface area contributed by atoms with Crippen LogP contribution in [0.2, 0.25) is 0 Å². The number of carbonyl (C=O) groups excluding carboxylic acids is 6.